The van der Waals surface area contributed by atoms with Crippen LogP contribution in [0, 0.1) is 0 Å². The van der Waals surface area contributed by atoms with Gasteiger partial charge in [0.25, 0.3) is 5.56 Å². The molecule has 0 spiro atoms. The lowest BCUT2D eigenvalue weighted by atomic mass is 10.1. The van der Waals surface area contributed by atoms with Gasteiger partial charge in [0, 0.05) is 17.3 Å². The minimum Gasteiger partial charge on any atom is -0.474 e. The van der Waals surface area contributed by atoms with Crippen LogP contribution < -0.4 is 10.9 Å². The lowest BCUT2D eigenvalue weighted by Gasteiger charge is -2.08. The summed E-state index contributed by atoms with van der Waals surface area (Å²) in [6.07, 6.45) is 2.63. The highest BCUT2D eigenvalue weighted by molar-refractivity contribution is 6.36. The van der Waals surface area contributed by atoms with Gasteiger partial charge in [0.15, 0.2) is 0 Å². The molecule has 2 N–H and O–H groups in total. The molecule has 8 heteroatoms. The van der Waals surface area contributed by atoms with Crippen LogP contribution in [0.5, 0.6) is 0 Å². The third-order valence-corrected chi connectivity index (χ3v) is 4.76. The number of allylic oxidation sites excluding steroid dienone is 1. The second kappa shape index (κ2) is 6.94. The first-order valence-electron chi connectivity index (χ1n) is 8.48. The summed E-state index contributed by atoms with van der Waals surface area (Å²) in [5.74, 6) is -2.18. The maximum absolute atomic E-state index is 12.8. The molecule has 4 rings (SSSR count). The zero-order chi connectivity index (χ0) is 19.8. The van der Waals surface area contributed by atoms with Crippen molar-refractivity contribution < 1.29 is 14.7 Å². The van der Waals surface area contributed by atoms with Crippen molar-refractivity contribution in [3.05, 3.63) is 69.2 Å². The number of halogens is 1. The highest BCUT2D eigenvalue weighted by atomic mass is 35.5. The van der Waals surface area contributed by atoms with E-state index in [1.165, 1.54) is 18.2 Å². The molecule has 1 aliphatic rings. The first-order chi connectivity index (χ1) is 13.4. The van der Waals surface area contributed by atoms with E-state index in [4.69, 9.17) is 16.7 Å². The second-order valence-electron chi connectivity index (χ2n) is 6.35. The number of aromatic nitrogens is 2. The van der Waals surface area contributed by atoms with Crippen molar-refractivity contribution in [2.75, 3.05) is 5.32 Å². The van der Waals surface area contributed by atoms with Gasteiger partial charge in [-0.15, -0.1) is 0 Å². The van der Waals surface area contributed by atoms with Gasteiger partial charge in [-0.2, -0.15) is 0 Å². The van der Waals surface area contributed by atoms with Crippen molar-refractivity contribution in [2.45, 2.75) is 13.0 Å². The van der Waals surface area contributed by atoms with Gasteiger partial charge in [-0.1, -0.05) is 23.7 Å². The Morgan fingerprint density at radius 1 is 1.18 bits per heavy atom. The molecule has 0 saturated heterocycles. The van der Waals surface area contributed by atoms with E-state index in [1.807, 2.05) is 18.2 Å². The third kappa shape index (κ3) is 3.27. The van der Waals surface area contributed by atoms with Crippen LogP contribution in [0.2, 0.25) is 5.02 Å². The van der Waals surface area contributed by atoms with Crippen LogP contribution in [0.1, 0.15) is 17.8 Å². The molecule has 28 heavy (non-hydrogen) atoms. The zero-order valence-corrected chi connectivity index (χ0v) is 15.2. The normalized spacial score (nSPS) is 14.2. The SMILES string of the molecule is O=C(O)C(=O)Nc1ccc2c(=O)n3c(nc2c1)C(=Cc1ccc(Cl)cc1)CC3. The number of anilines is 1. The van der Waals surface area contributed by atoms with Gasteiger partial charge in [0.1, 0.15) is 5.82 Å². The first kappa shape index (κ1) is 17.9. The lowest BCUT2D eigenvalue weighted by molar-refractivity contribution is -0.147. The van der Waals surface area contributed by atoms with Crippen molar-refractivity contribution in [1.29, 1.82) is 0 Å². The second-order valence-corrected chi connectivity index (χ2v) is 6.79. The highest BCUT2D eigenvalue weighted by Gasteiger charge is 2.21. The smallest absolute Gasteiger partial charge is 0.394 e. The fraction of sp³-hybridized carbons (Fsp3) is 0.100. The molecular formula is C20H14ClN3O4. The fourth-order valence-electron chi connectivity index (χ4n) is 3.18. The maximum Gasteiger partial charge on any atom is 0.394 e. The van der Waals surface area contributed by atoms with Crippen LogP contribution in [0.25, 0.3) is 22.6 Å². The van der Waals surface area contributed by atoms with E-state index >= 15 is 0 Å². The van der Waals surface area contributed by atoms with Crippen LogP contribution in [-0.2, 0) is 16.1 Å². The van der Waals surface area contributed by atoms with Gasteiger partial charge in [0.2, 0.25) is 0 Å². The average molecular weight is 396 g/mol. The Kier molecular flexibility index (Phi) is 4.44. The first-order valence-corrected chi connectivity index (χ1v) is 8.85. The molecule has 1 aromatic heterocycles. The number of hydrogen-bond donors (Lipinski definition) is 2. The lowest BCUT2D eigenvalue weighted by Crippen LogP contribution is -2.23. The Labute approximate surface area is 163 Å². The maximum atomic E-state index is 12.8. The number of fused-ring (bicyclic) bond motifs is 2. The molecule has 3 aromatic rings. The Hall–Kier alpha value is -3.45. The van der Waals surface area contributed by atoms with E-state index in [2.05, 4.69) is 10.3 Å². The minimum absolute atomic E-state index is 0.171. The van der Waals surface area contributed by atoms with Crippen molar-refractivity contribution in [1.82, 2.24) is 9.55 Å². The molecule has 2 aromatic carbocycles. The summed E-state index contributed by atoms with van der Waals surface area (Å²) in [5.41, 5.74) is 2.35. The van der Waals surface area contributed by atoms with Gasteiger partial charge in [0.05, 0.1) is 10.9 Å². The van der Waals surface area contributed by atoms with Crippen LogP contribution in [0.4, 0.5) is 5.69 Å². The van der Waals surface area contributed by atoms with Crippen molar-refractivity contribution in [2.24, 2.45) is 0 Å². The quantitative estimate of drug-likeness (QED) is 0.649. The topological polar surface area (TPSA) is 101 Å². The van der Waals surface area contributed by atoms with E-state index < -0.39 is 11.9 Å². The molecule has 7 nitrogen and oxygen atoms in total. The number of amides is 1. The minimum atomic E-state index is -1.59. The molecule has 1 aliphatic heterocycles. The van der Waals surface area contributed by atoms with Crippen LogP contribution in [0.3, 0.4) is 0 Å². The third-order valence-electron chi connectivity index (χ3n) is 4.51. The number of nitrogens with one attached hydrogen (secondary N) is 1. The number of hydrogen-bond acceptors (Lipinski definition) is 4. The Bertz CT molecular complexity index is 1210. The molecule has 0 atom stereocenters. The van der Waals surface area contributed by atoms with E-state index in [0.29, 0.717) is 34.7 Å². The van der Waals surface area contributed by atoms with Crippen LogP contribution >= 0.6 is 11.6 Å². The predicted molar refractivity (Wildman–Crippen MR) is 106 cm³/mol. The Morgan fingerprint density at radius 3 is 2.64 bits per heavy atom. The largest absolute Gasteiger partial charge is 0.474 e. The summed E-state index contributed by atoms with van der Waals surface area (Å²) in [7, 11) is 0. The number of carbonyl (C=O) groups excluding carboxylic acids is 1. The average Bonchev–Trinajstić information content (AvgIpc) is 3.06. The zero-order valence-electron chi connectivity index (χ0n) is 14.5. The number of carboxylic acids is 1. The number of carbonyl (C=O) groups is 2. The summed E-state index contributed by atoms with van der Waals surface area (Å²) in [4.78, 5) is 39.5. The molecule has 1 amide bonds. The van der Waals surface area contributed by atoms with E-state index in [1.54, 1.807) is 16.7 Å². The number of benzene rings is 2. The number of aliphatic carboxylic acids is 1. The van der Waals surface area contributed by atoms with Gasteiger partial charge >= 0.3 is 11.9 Å². The van der Waals surface area contributed by atoms with Gasteiger partial charge in [-0.3, -0.25) is 14.2 Å². The predicted octanol–water partition coefficient (Wildman–Crippen LogP) is 3.02. The number of rotatable bonds is 2. The van der Waals surface area contributed by atoms with Crippen LogP contribution in [0.15, 0.2) is 47.3 Å². The van der Waals surface area contributed by atoms with Gasteiger partial charge in [-0.05, 0) is 54.0 Å². The van der Waals surface area contributed by atoms with E-state index in [0.717, 1.165) is 11.1 Å². The summed E-state index contributed by atoms with van der Waals surface area (Å²) in [6.45, 7) is 0.536. The summed E-state index contributed by atoms with van der Waals surface area (Å²) in [6, 6.07) is 11.9. The molecule has 2 heterocycles. The Morgan fingerprint density at radius 2 is 1.93 bits per heavy atom. The monoisotopic (exact) mass is 395 g/mol. The summed E-state index contributed by atoms with van der Waals surface area (Å²) >= 11 is 5.92. The van der Waals surface area contributed by atoms with E-state index in [-0.39, 0.29) is 11.2 Å². The van der Waals surface area contributed by atoms with Crippen molar-refractivity contribution >= 4 is 51.7 Å². The molecule has 0 bridgehead atoms. The van der Waals surface area contributed by atoms with Crippen LogP contribution in [-0.4, -0.2) is 26.5 Å². The Balaban J connectivity index is 1.78. The molecular weight excluding hydrogens is 382 g/mol. The number of nitrogens with zero attached hydrogens (tertiary/aromatic N) is 2. The molecule has 0 radical (unpaired) electrons. The fourth-order valence-corrected chi connectivity index (χ4v) is 3.30. The summed E-state index contributed by atoms with van der Waals surface area (Å²) < 4.78 is 1.62. The van der Waals surface area contributed by atoms with E-state index in [9.17, 15) is 14.4 Å². The molecule has 0 aliphatic carbocycles. The van der Waals surface area contributed by atoms with Gasteiger partial charge in [-0.25, -0.2) is 9.78 Å². The summed E-state index contributed by atoms with van der Waals surface area (Å²) in [5, 5.41) is 12.0. The molecule has 0 unspecified atom stereocenters. The molecule has 140 valence electrons. The number of carboxylic acid groups (broad SMARTS) is 1. The van der Waals surface area contributed by atoms with Crippen molar-refractivity contribution in [3.8, 4) is 0 Å². The molecule has 0 fully saturated rings. The highest BCUT2D eigenvalue weighted by Crippen LogP contribution is 2.28. The van der Waals surface area contributed by atoms with Crippen molar-refractivity contribution in [3.63, 3.8) is 0 Å². The van der Waals surface area contributed by atoms with Gasteiger partial charge < -0.3 is 10.4 Å². The standard InChI is InChI=1S/C20H14ClN3O4/c21-13-3-1-11(2-4-13)9-12-7-8-24-17(12)23-16-10-14(22-18(25)20(27)28)5-6-15(16)19(24)26/h1-6,9-10H,7-8H2,(H,22,25)(H,27,28). The molecule has 0 saturated carbocycles.